The minimum atomic E-state index is -0.173. The van der Waals surface area contributed by atoms with Crippen LogP contribution in [0.1, 0.15) is 52.8 Å². The maximum absolute atomic E-state index is 13.8. The molecule has 38 heavy (non-hydrogen) atoms. The zero-order chi connectivity index (χ0) is 26.5. The maximum atomic E-state index is 13.8. The monoisotopic (exact) mass is 518 g/mol. The lowest BCUT2D eigenvalue weighted by atomic mass is 10.1. The van der Waals surface area contributed by atoms with Crippen molar-refractivity contribution in [3.05, 3.63) is 82.8 Å². The fourth-order valence-corrected chi connectivity index (χ4v) is 4.83. The van der Waals surface area contributed by atoms with Crippen molar-refractivity contribution < 1.29 is 28.2 Å². The standard InChI is InChI=1S/C30H34N2O6/c1-3-22-7-10-24(11-8-22)30(34)32(17-25-5-4-14-35-25)19-29(33)31(18-26-12-6-21(2)38-26)16-23-9-13-27-28(15-23)37-20-36-27/h6-13,15,25H,3-5,14,16-20H2,1-2H3. The number of amides is 2. The molecule has 200 valence electrons. The van der Waals surface area contributed by atoms with Gasteiger partial charge in [-0.2, -0.15) is 0 Å². The molecule has 0 saturated carbocycles. The van der Waals surface area contributed by atoms with Crippen LogP contribution in [0.4, 0.5) is 0 Å². The van der Waals surface area contributed by atoms with Gasteiger partial charge >= 0.3 is 0 Å². The Morgan fingerprint density at radius 2 is 1.71 bits per heavy atom. The second-order valence-electron chi connectivity index (χ2n) is 9.82. The minimum absolute atomic E-state index is 0.0571. The second-order valence-corrected chi connectivity index (χ2v) is 9.82. The Balaban J connectivity index is 1.37. The summed E-state index contributed by atoms with van der Waals surface area (Å²) >= 11 is 0. The minimum Gasteiger partial charge on any atom is -0.464 e. The van der Waals surface area contributed by atoms with Crippen LogP contribution >= 0.6 is 0 Å². The Kier molecular flexibility index (Phi) is 7.98. The largest absolute Gasteiger partial charge is 0.464 e. The first-order valence-corrected chi connectivity index (χ1v) is 13.2. The lowest BCUT2D eigenvalue weighted by Gasteiger charge is -2.29. The van der Waals surface area contributed by atoms with Crippen LogP contribution in [0.25, 0.3) is 0 Å². The van der Waals surface area contributed by atoms with Crippen LogP contribution in [0.3, 0.4) is 0 Å². The van der Waals surface area contributed by atoms with Gasteiger partial charge in [-0.3, -0.25) is 9.59 Å². The average molecular weight is 519 g/mol. The quantitative estimate of drug-likeness (QED) is 0.386. The van der Waals surface area contributed by atoms with Crippen molar-refractivity contribution >= 4 is 11.8 Å². The normalized spacial score (nSPS) is 16.0. The predicted molar refractivity (Wildman–Crippen MR) is 141 cm³/mol. The summed E-state index contributed by atoms with van der Waals surface area (Å²) in [6, 6.07) is 17.0. The molecule has 2 aliphatic rings. The number of furan rings is 1. The first-order valence-electron chi connectivity index (χ1n) is 13.2. The number of ether oxygens (including phenoxy) is 3. The summed E-state index contributed by atoms with van der Waals surface area (Å²) in [5.41, 5.74) is 2.63. The van der Waals surface area contributed by atoms with E-state index in [0.29, 0.717) is 42.5 Å². The van der Waals surface area contributed by atoms with Gasteiger partial charge in [-0.05, 0) is 73.7 Å². The molecule has 0 N–H and O–H groups in total. The molecule has 1 saturated heterocycles. The fraction of sp³-hybridized carbons (Fsp3) is 0.400. The molecule has 8 heteroatoms. The van der Waals surface area contributed by atoms with Crippen molar-refractivity contribution in [3.63, 3.8) is 0 Å². The summed E-state index contributed by atoms with van der Waals surface area (Å²) in [6.45, 7) is 5.76. The molecule has 1 fully saturated rings. The molecule has 2 amide bonds. The van der Waals surface area contributed by atoms with Gasteiger partial charge in [-0.25, -0.2) is 0 Å². The maximum Gasteiger partial charge on any atom is 0.254 e. The molecule has 0 aliphatic carbocycles. The molecule has 0 radical (unpaired) electrons. The van der Waals surface area contributed by atoms with Gasteiger partial charge < -0.3 is 28.4 Å². The fourth-order valence-electron chi connectivity index (χ4n) is 4.83. The van der Waals surface area contributed by atoms with Crippen molar-refractivity contribution in [1.82, 2.24) is 9.80 Å². The Morgan fingerprint density at radius 1 is 0.921 bits per heavy atom. The van der Waals surface area contributed by atoms with Crippen molar-refractivity contribution in [1.29, 1.82) is 0 Å². The van der Waals surface area contributed by atoms with E-state index in [4.69, 9.17) is 18.6 Å². The summed E-state index contributed by atoms with van der Waals surface area (Å²) in [4.78, 5) is 30.7. The van der Waals surface area contributed by atoms with Crippen molar-refractivity contribution in [2.75, 3.05) is 26.5 Å². The molecule has 3 aromatic rings. The number of nitrogens with zero attached hydrogens (tertiary/aromatic N) is 2. The predicted octanol–water partition coefficient (Wildman–Crippen LogP) is 4.73. The van der Waals surface area contributed by atoms with Crippen molar-refractivity contribution in [2.45, 2.75) is 52.3 Å². The molecule has 1 atom stereocenters. The lowest BCUT2D eigenvalue weighted by molar-refractivity contribution is -0.133. The SMILES string of the molecule is CCc1ccc(C(=O)N(CC(=O)N(Cc2ccc3c(c2)OCO3)Cc2ccc(C)o2)CC2CCCO2)cc1. The molecular formula is C30H34N2O6. The van der Waals surface area contributed by atoms with Crippen LogP contribution in [0.5, 0.6) is 11.5 Å². The third kappa shape index (κ3) is 6.19. The molecule has 0 bridgehead atoms. The number of benzene rings is 2. The van der Waals surface area contributed by atoms with Gasteiger partial charge in [0.15, 0.2) is 11.5 Å². The summed E-state index contributed by atoms with van der Waals surface area (Å²) in [7, 11) is 0. The van der Waals surface area contributed by atoms with E-state index < -0.39 is 0 Å². The van der Waals surface area contributed by atoms with Crippen LogP contribution in [-0.4, -0.2) is 54.2 Å². The van der Waals surface area contributed by atoms with Gasteiger partial charge in [0.25, 0.3) is 5.91 Å². The van der Waals surface area contributed by atoms with Gasteiger partial charge in [-0.1, -0.05) is 25.1 Å². The van der Waals surface area contributed by atoms with Gasteiger partial charge in [-0.15, -0.1) is 0 Å². The highest BCUT2D eigenvalue weighted by Crippen LogP contribution is 2.33. The number of fused-ring (bicyclic) bond motifs is 1. The van der Waals surface area contributed by atoms with E-state index in [1.165, 1.54) is 0 Å². The molecule has 0 spiro atoms. The van der Waals surface area contributed by atoms with E-state index >= 15 is 0 Å². The Bertz CT molecular complexity index is 1260. The molecule has 1 aromatic heterocycles. The van der Waals surface area contributed by atoms with E-state index in [2.05, 4.69) is 6.92 Å². The first kappa shape index (κ1) is 25.9. The topological polar surface area (TPSA) is 81.5 Å². The lowest BCUT2D eigenvalue weighted by Crippen LogP contribution is -2.45. The number of rotatable bonds is 10. The Hall–Kier alpha value is -3.78. The smallest absolute Gasteiger partial charge is 0.254 e. The van der Waals surface area contributed by atoms with Crippen LogP contribution in [0, 0.1) is 6.92 Å². The second kappa shape index (κ2) is 11.7. The van der Waals surface area contributed by atoms with Gasteiger partial charge in [0.1, 0.15) is 18.1 Å². The van der Waals surface area contributed by atoms with Crippen LogP contribution in [0.15, 0.2) is 59.0 Å². The van der Waals surface area contributed by atoms with E-state index in [9.17, 15) is 9.59 Å². The first-order chi connectivity index (χ1) is 18.5. The van der Waals surface area contributed by atoms with Gasteiger partial charge in [0.2, 0.25) is 12.7 Å². The Morgan fingerprint density at radius 3 is 2.42 bits per heavy atom. The van der Waals surface area contributed by atoms with Gasteiger partial charge in [0, 0.05) is 25.3 Å². The molecule has 2 aromatic carbocycles. The highest BCUT2D eigenvalue weighted by Gasteiger charge is 2.28. The molecular weight excluding hydrogens is 484 g/mol. The highest BCUT2D eigenvalue weighted by molar-refractivity contribution is 5.96. The van der Waals surface area contributed by atoms with E-state index in [1.807, 2.05) is 61.5 Å². The molecule has 3 heterocycles. The Labute approximate surface area is 223 Å². The molecule has 5 rings (SSSR count). The summed E-state index contributed by atoms with van der Waals surface area (Å²) in [5.74, 6) is 2.47. The number of hydrogen-bond acceptors (Lipinski definition) is 6. The summed E-state index contributed by atoms with van der Waals surface area (Å²) in [6.07, 6.45) is 2.66. The van der Waals surface area contributed by atoms with Crippen LogP contribution in [0.2, 0.25) is 0 Å². The number of carbonyl (C=O) groups is 2. The molecule has 1 unspecified atom stereocenters. The zero-order valence-electron chi connectivity index (χ0n) is 22.0. The summed E-state index contributed by atoms with van der Waals surface area (Å²) < 4.78 is 22.6. The van der Waals surface area contributed by atoms with Crippen molar-refractivity contribution in [3.8, 4) is 11.5 Å². The van der Waals surface area contributed by atoms with Crippen molar-refractivity contribution in [2.24, 2.45) is 0 Å². The summed E-state index contributed by atoms with van der Waals surface area (Å²) in [5, 5.41) is 0. The third-order valence-corrected chi connectivity index (χ3v) is 6.98. The van der Waals surface area contributed by atoms with E-state index in [1.54, 1.807) is 9.80 Å². The van der Waals surface area contributed by atoms with E-state index in [0.717, 1.165) is 36.1 Å². The van der Waals surface area contributed by atoms with Crippen LogP contribution < -0.4 is 9.47 Å². The third-order valence-electron chi connectivity index (χ3n) is 6.98. The molecule has 2 aliphatic heterocycles. The highest BCUT2D eigenvalue weighted by atomic mass is 16.7. The zero-order valence-corrected chi connectivity index (χ0v) is 22.0. The number of hydrogen-bond donors (Lipinski definition) is 0. The number of carbonyl (C=O) groups excluding carboxylic acids is 2. The number of aryl methyl sites for hydroxylation is 2. The van der Waals surface area contributed by atoms with Gasteiger partial charge in [0.05, 0.1) is 12.6 Å². The van der Waals surface area contributed by atoms with E-state index in [-0.39, 0.29) is 37.8 Å². The average Bonchev–Trinajstić information content (AvgIpc) is 3.70. The van der Waals surface area contributed by atoms with Crippen LogP contribution in [-0.2, 0) is 29.0 Å². The molecule has 8 nitrogen and oxygen atoms in total.